The highest BCUT2D eigenvalue weighted by molar-refractivity contribution is 6.06. The molecule has 3 aromatic heterocycles. The Morgan fingerprint density at radius 3 is 2.67 bits per heavy atom. The van der Waals surface area contributed by atoms with E-state index in [2.05, 4.69) is 19.7 Å². The van der Waals surface area contributed by atoms with Gasteiger partial charge in [-0.05, 0) is 30.7 Å². The Bertz CT molecular complexity index is 1940. The number of para-hydroxylation sites is 1. The largest absolute Gasteiger partial charge is 0.573 e. The molecule has 2 saturated heterocycles. The number of imidazole rings is 1. The van der Waals surface area contributed by atoms with Crippen molar-refractivity contribution in [3.05, 3.63) is 48.3 Å². The fourth-order valence-electron chi connectivity index (χ4n) is 6.30. The van der Waals surface area contributed by atoms with Crippen LogP contribution in [0.1, 0.15) is 38.1 Å². The van der Waals surface area contributed by atoms with Crippen molar-refractivity contribution in [3.8, 4) is 11.8 Å². The Balaban J connectivity index is 1.28. The molecule has 2 fully saturated rings. The molecule has 2 aliphatic rings. The Labute approximate surface area is 256 Å². The van der Waals surface area contributed by atoms with Crippen molar-refractivity contribution in [2.75, 3.05) is 24.7 Å². The van der Waals surface area contributed by atoms with Crippen LogP contribution in [0.2, 0.25) is 0 Å². The lowest BCUT2D eigenvalue weighted by Gasteiger charge is -2.31. The predicted molar refractivity (Wildman–Crippen MR) is 152 cm³/mol. The molecule has 1 N–H and O–H groups in total. The SMILES string of the molecule is C[C@H]1COCC[C@@H]1n1c(O[C@H]2C[C@@H](C(=O)O)N(c3nc(C(F)F)nc4c3oc3ccccc34)C2)nc2cc(OC(F)(F)F)ccc21. The molecule has 0 aliphatic carbocycles. The summed E-state index contributed by atoms with van der Waals surface area (Å²) in [4.78, 5) is 26.4. The van der Waals surface area contributed by atoms with E-state index in [4.69, 9.17) is 13.9 Å². The first-order chi connectivity index (χ1) is 22.0. The number of aromatic nitrogens is 4. The van der Waals surface area contributed by atoms with Crippen LogP contribution in [-0.4, -0.2) is 68.9 Å². The van der Waals surface area contributed by atoms with Gasteiger partial charge in [-0.1, -0.05) is 19.1 Å². The molecule has 242 valence electrons. The molecule has 5 aromatic rings. The van der Waals surface area contributed by atoms with E-state index >= 15 is 0 Å². The lowest BCUT2D eigenvalue weighted by atomic mass is 9.97. The number of carboxylic acids is 1. The standard InChI is InChI=1S/C30H26F5N5O6/c1-14-13-43-9-8-19(14)40-20-7-6-15(46-30(33,34)35)10-18(20)36-29(40)44-16-11-21(28(41)42)39(12-16)27-24-23(37-26(38-27)25(31)32)17-4-2-3-5-22(17)45-24/h2-7,10,14,16,19,21,25H,8-9,11-13H2,1H3,(H,41,42)/t14-,16-,19-,21-/m0/s1. The second-order valence-electron chi connectivity index (χ2n) is 11.3. The van der Waals surface area contributed by atoms with Crippen LogP contribution in [0, 0.1) is 5.92 Å². The van der Waals surface area contributed by atoms with E-state index in [9.17, 15) is 31.9 Å². The molecule has 2 aliphatic heterocycles. The highest BCUT2D eigenvalue weighted by Crippen LogP contribution is 2.40. The number of benzene rings is 2. The zero-order valence-corrected chi connectivity index (χ0v) is 24.1. The number of alkyl halides is 5. The molecule has 4 atom stereocenters. The van der Waals surface area contributed by atoms with Crippen molar-refractivity contribution in [2.45, 2.75) is 50.7 Å². The summed E-state index contributed by atoms with van der Waals surface area (Å²) in [5.74, 6) is -2.61. The average molecular weight is 648 g/mol. The summed E-state index contributed by atoms with van der Waals surface area (Å²) < 4.78 is 90.5. The summed E-state index contributed by atoms with van der Waals surface area (Å²) in [6.07, 6.45) is -8.29. The van der Waals surface area contributed by atoms with Gasteiger partial charge in [-0.25, -0.2) is 23.5 Å². The Kier molecular flexibility index (Phi) is 7.33. The fraction of sp³-hybridized carbons (Fsp3) is 0.400. The molecule has 0 bridgehead atoms. The van der Waals surface area contributed by atoms with Crippen molar-refractivity contribution < 1.29 is 50.5 Å². The van der Waals surface area contributed by atoms with E-state index in [0.717, 1.165) is 6.07 Å². The maximum atomic E-state index is 14.0. The van der Waals surface area contributed by atoms with Gasteiger partial charge in [-0.3, -0.25) is 4.57 Å². The molecule has 0 spiro atoms. The summed E-state index contributed by atoms with van der Waals surface area (Å²) in [5, 5.41) is 10.7. The van der Waals surface area contributed by atoms with Gasteiger partial charge in [0, 0.05) is 36.4 Å². The monoisotopic (exact) mass is 647 g/mol. The van der Waals surface area contributed by atoms with Crippen LogP contribution >= 0.6 is 0 Å². The second kappa shape index (κ2) is 11.3. The van der Waals surface area contributed by atoms with Crippen molar-refractivity contribution >= 4 is 44.9 Å². The molecule has 16 heteroatoms. The van der Waals surface area contributed by atoms with E-state index in [-0.39, 0.29) is 53.4 Å². The van der Waals surface area contributed by atoms with E-state index in [0.29, 0.717) is 36.1 Å². The lowest BCUT2D eigenvalue weighted by Crippen LogP contribution is -2.37. The molecule has 0 amide bonds. The van der Waals surface area contributed by atoms with Gasteiger partial charge in [0.25, 0.3) is 12.4 Å². The van der Waals surface area contributed by atoms with E-state index in [1.165, 1.54) is 17.0 Å². The van der Waals surface area contributed by atoms with Gasteiger partial charge >= 0.3 is 12.3 Å². The quantitative estimate of drug-likeness (QED) is 0.202. The molecular formula is C30H26F5N5O6. The summed E-state index contributed by atoms with van der Waals surface area (Å²) >= 11 is 0. The number of nitrogens with zero attached hydrogens (tertiary/aromatic N) is 5. The number of rotatable bonds is 7. The number of hydrogen-bond donors (Lipinski definition) is 1. The zero-order chi connectivity index (χ0) is 32.3. The lowest BCUT2D eigenvalue weighted by molar-refractivity contribution is -0.274. The molecule has 0 saturated carbocycles. The smallest absolute Gasteiger partial charge is 0.480 e. The number of carbonyl (C=O) groups is 1. The van der Waals surface area contributed by atoms with Crippen LogP contribution in [0.3, 0.4) is 0 Å². The number of ether oxygens (including phenoxy) is 3. The maximum absolute atomic E-state index is 14.0. The van der Waals surface area contributed by atoms with Crippen molar-refractivity contribution in [1.29, 1.82) is 0 Å². The Morgan fingerprint density at radius 2 is 1.93 bits per heavy atom. The van der Waals surface area contributed by atoms with Crippen LogP contribution < -0.4 is 14.4 Å². The normalized spacial score (nSPS) is 22.4. The molecule has 5 heterocycles. The van der Waals surface area contributed by atoms with Crippen LogP contribution in [0.25, 0.3) is 33.1 Å². The minimum Gasteiger partial charge on any atom is -0.480 e. The summed E-state index contributed by atoms with van der Waals surface area (Å²) in [6, 6.07) is 9.14. The predicted octanol–water partition coefficient (Wildman–Crippen LogP) is 6.27. The number of halogens is 5. The molecular weight excluding hydrogens is 621 g/mol. The van der Waals surface area contributed by atoms with Crippen LogP contribution in [-0.2, 0) is 9.53 Å². The molecule has 7 rings (SSSR count). The average Bonchev–Trinajstić information content (AvgIpc) is 3.69. The van der Waals surface area contributed by atoms with Crippen LogP contribution in [0.4, 0.5) is 27.8 Å². The fourth-order valence-corrected chi connectivity index (χ4v) is 6.30. The summed E-state index contributed by atoms with van der Waals surface area (Å²) in [5.41, 5.74) is 1.22. The number of furan rings is 1. The third-order valence-corrected chi connectivity index (χ3v) is 8.30. The highest BCUT2D eigenvalue weighted by atomic mass is 19.4. The van der Waals surface area contributed by atoms with Gasteiger partial charge in [0.05, 0.1) is 24.2 Å². The number of hydrogen-bond acceptors (Lipinski definition) is 9. The molecule has 0 unspecified atom stereocenters. The molecule has 46 heavy (non-hydrogen) atoms. The molecule has 11 nitrogen and oxygen atoms in total. The van der Waals surface area contributed by atoms with Gasteiger partial charge in [0.15, 0.2) is 17.2 Å². The Morgan fingerprint density at radius 1 is 1.13 bits per heavy atom. The number of aliphatic carboxylic acids is 1. The molecule has 0 radical (unpaired) electrons. The minimum atomic E-state index is -4.90. The van der Waals surface area contributed by atoms with Crippen molar-refractivity contribution in [3.63, 3.8) is 0 Å². The Hall–Kier alpha value is -4.73. The maximum Gasteiger partial charge on any atom is 0.573 e. The van der Waals surface area contributed by atoms with Gasteiger partial charge in [0.2, 0.25) is 0 Å². The van der Waals surface area contributed by atoms with Gasteiger partial charge in [-0.15, -0.1) is 13.2 Å². The third-order valence-electron chi connectivity index (χ3n) is 8.30. The van der Waals surface area contributed by atoms with Crippen LogP contribution in [0.15, 0.2) is 46.9 Å². The third kappa shape index (κ3) is 5.39. The van der Waals surface area contributed by atoms with Gasteiger partial charge < -0.3 is 28.6 Å². The first-order valence-electron chi connectivity index (χ1n) is 14.5. The van der Waals surface area contributed by atoms with Crippen molar-refractivity contribution in [1.82, 2.24) is 19.5 Å². The number of carboxylic acid groups (broad SMARTS) is 1. The van der Waals surface area contributed by atoms with E-state index in [1.54, 1.807) is 28.8 Å². The molecule has 2 aromatic carbocycles. The van der Waals surface area contributed by atoms with Crippen LogP contribution in [0.5, 0.6) is 11.8 Å². The van der Waals surface area contributed by atoms with E-state index < -0.39 is 42.5 Å². The highest BCUT2D eigenvalue weighted by Gasteiger charge is 2.42. The second-order valence-corrected chi connectivity index (χ2v) is 11.3. The number of anilines is 1. The zero-order valence-electron chi connectivity index (χ0n) is 24.1. The van der Waals surface area contributed by atoms with Gasteiger partial charge in [0.1, 0.15) is 29.0 Å². The summed E-state index contributed by atoms with van der Waals surface area (Å²) in [6.45, 7) is 2.74. The first kappa shape index (κ1) is 30.0. The number of fused-ring (bicyclic) bond motifs is 4. The summed E-state index contributed by atoms with van der Waals surface area (Å²) in [7, 11) is 0. The topological polar surface area (TPSA) is 125 Å². The van der Waals surface area contributed by atoms with E-state index in [1.807, 2.05) is 6.92 Å². The first-order valence-corrected chi connectivity index (χ1v) is 14.5. The van der Waals surface area contributed by atoms with Crippen molar-refractivity contribution in [2.24, 2.45) is 5.92 Å². The minimum absolute atomic E-state index is 0.0124. The van der Waals surface area contributed by atoms with Gasteiger partial charge in [-0.2, -0.15) is 4.98 Å².